The van der Waals surface area contributed by atoms with Gasteiger partial charge in [0.05, 0.1) is 0 Å². The summed E-state index contributed by atoms with van der Waals surface area (Å²) in [4.78, 5) is 46.0. The Hall–Kier alpha value is -4.67. The zero-order valence-corrected chi connectivity index (χ0v) is 23.0. The van der Waals surface area contributed by atoms with Crippen molar-refractivity contribution in [2.24, 2.45) is 0 Å². The number of pyridine rings is 1. The second kappa shape index (κ2) is 13.3. The molecule has 2 aromatic carbocycles. The molecular formula is C31H31F3N4O4. The van der Waals surface area contributed by atoms with Gasteiger partial charge in [-0.2, -0.15) is 13.2 Å². The molecule has 1 aliphatic heterocycles. The summed E-state index contributed by atoms with van der Waals surface area (Å²) in [6.07, 6.45) is -1.05. The highest BCUT2D eigenvalue weighted by molar-refractivity contribution is 5.94. The van der Waals surface area contributed by atoms with E-state index in [9.17, 15) is 32.7 Å². The van der Waals surface area contributed by atoms with E-state index in [0.717, 1.165) is 29.6 Å². The van der Waals surface area contributed by atoms with Gasteiger partial charge < -0.3 is 19.8 Å². The number of carboxylic acid groups (broad SMARTS) is 1. The third-order valence-corrected chi connectivity index (χ3v) is 7.09. The van der Waals surface area contributed by atoms with Crippen LogP contribution >= 0.6 is 0 Å². The average Bonchev–Trinajstić information content (AvgIpc) is 2.98. The molecule has 42 heavy (non-hydrogen) atoms. The lowest BCUT2D eigenvalue weighted by molar-refractivity contribution is -0.148. The van der Waals surface area contributed by atoms with Crippen molar-refractivity contribution >= 4 is 29.5 Å². The summed E-state index contributed by atoms with van der Waals surface area (Å²) < 4.78 is 38.6. The molecule has 11 heteroatoms. The summed E-state index contributed by atoms with van der Waals surface area (Å²) >= 11 is 0. The SMILES string of the molecule is CC(=O)N1CCN(c2ccc(CN(C(=O)/C=C/c3ccc(C(F)(F)F)nc3)[C@@H](Cc3ccccc3)C(=O)O)cc2)CC1. The van der Waals surface area contributed by atoms with Crippen molar-refractivity contribution in [3.63, 3.8) is 0 Å². The third kappa shape index (κ3) is 7.96. The Labute approximate surface area is 241 Å². The second-order valence-electron chi connectivity index (χ2n) is 9.98. The molecule has 0 bridgehead atoms. The quantitative estimate of drug-likeness (QED) is 0.375. The van der Waals surface area contributed by atoms with Gasteiger partial charge in [-0.25, -0.2) is 4.79 Å². The molecule has 8 nitrogen and oxygen atoms in total. The van der Waals surface area contributed by atoms with Crippen LogP contribution in [0.2, 0.25) is 0 Å². The molecule has 1 saturated heterocycles. The molecule has 3 aromatic rings. The van der Waals surface area contributed by atoms with Crippen LogP contribution in [-0.2, 0) is 33.5 Å². The Morgan fingerprint density at radius 2 is 1.62 bits per heavy atom. The zero-order chi connectivity index (χ0) is 30.3. The maximum atomic E-state index is 13.4. The van der Waals surface area contributed by atoms with Crippen molar-refractivity contribution in [3.8, 4) is 0 Å². The van der Waals surface area contributed by atoms with Crippen LogP contribution in [-0.4, -0.2) is 69.9 Å². The number of aromatic nitrogens is 1. The Bertz CT molecular complexity index is 1400. The van der Waals surface area contributed by atoms with Crippen molar-refractivity contribution in [1.29, 1.82) is 0 Å². The number of hydrogen-bond donors (Lipinski definition) is 1. The van der Waals surface area contributed by atoms with Gasteiger partial charge in [0.15, 0.2) is 0 Å². The number of amides is 2. The normalized spacial score (nSPS) is 14.6. The molecule has 1 aromatic heterocycles. The van der Waals surface area contributed by atoms with Crippen LogP contribution in [0.1, 0.15) is 29.3 Å². The molecule has 220 valence electrons. The molecule has 2 amide bonds. The standard InChI is InChI=1S/C31H31F3N4O4/c1-22(39)36-15-17-37(18-16-36)26-11-7-25(8-12-26)21-38(27(30(41)42)19-23-5-3-2-4-6-23)29(40)14-10-24-9-13-28(35-20-24)31(32,33)34/h2-14,20,27H,15-19,21H2,1H3,(H,41,42)/b14-10+/t27-/m0/s1. The van der Waals surface area contributed by atoms with Crippen LogP contribution < -0.4 is 4.90 Å². The van der Waals surface area contributed by atoms with E-state index in [1.54, 1.807) is 36.1 Å². The van der Waals surface area contributed by atoms with E-state index in [1.807, 2.05) is 30.3 Å². The molecule has 0 saturated carbocycles. The fraction of sp³-hybridized carbons (Fsp3) is 0.290. The van der Waals surface area contributed by atoms with Crippen molar-refractivity contribution < 1.29 is 32.7 Å². The summed E-state index contributed by atoms with van der Waals surface area (Å²) in [5.74, 6) is -1.75. The highest BCUT2D eigenvalue weighted by Crippen LogP contribution is 2.27. The number of alkyl halides is 3. The Morgan fingerprint density at radius 1 is 0.952 bits per heavy atom. The summed E-state index contributed by atoms with van der Waals surface area (Å²) in [6, 6.07) is 17.2. The average molecular weight is 581 g/mol. The van der Waals surface area contributed by atoms with Gasteiger partial charge in [0.2, 0.25) is 11.8 Å². The van der Waals surface area contributed by atoms with Gasteiger partial charge in [0, 0.05) is 64.0 Å². The van der Waals surface area contributed by atoms with Gasteiger partial charge in [-0.1, -0.05) is 48.5 Å². The van der Waals surface area contributed by atoms with Gasteiger partial charge in [-0.15, -0.1) is 0 Å². The lowest BCUT2D eigenvalue weighted by Crippen LogP contribution is -2.48. The minimum atomic E-state index is -4.58. The number of carbonyl (C=O) groups is 3. The molecule has 1 atom stereocenters. The summed E-state index contributed by atoms with van der Waals surface area (Å²) in [5, 5.41) is 10.1. The van der Waals surface area contributed by atoms with E-state index in [-0.39, 0.29) is 24.4 Å². The summed E-state index contributed by atoms with van der Waals surface area (Å²) in [5.41, 5.74) is 1.61. The number of aliphatic carboxylic acids is 1. The number of hydrogen-bond acceptors (Lipinski definition) is 5. The molecular weight excluding hydrogens is 549 g/mol. The highest BCUT2D eigenvalue weighted by Gasteiger charge is 2.32. The molecule has 1 aliphatic rings. The van der Waals surface area contributed by atoms with Crippen LogP contribution in [0, 0.1) is 0 Å². The maximum Gasteiger partial charge on any atom is 0.433 e. The van der Waals surface area contributed by atoms with E-state index >= 15 is 0 Å². The van der Waals surface area contributed by atoms with Crippen molar-refractivity contribution in [2.45, 2.75) is 32.1 Å². The van der Waals surface area contributed by atoms with Crippen LogP contribution in [0.4, 0.5) is 18.9 Å². The van der Waals surface area contributed by atoms with Gasteiger partial charge in [-0.05, 0) is 41.0 Å². The van der Waals surface area contributed by atoms with E-state index in [4.69, 9.17) is 0 Å². The molecule has 4 rings (SSSR count). The van der Waals surface area contributed by atoms with E-state index in [1.165, 1.54) is 17.0 Å². The first kappa shape index (κ1) is 30.3. The number of rotatable bonds is 9. The first-order valence-corrected chi connectivity index (χ1v) is 13.4. The van der Waals surface area contributed by atoms with Gasteiger partial charge in [0.1, 0.15) is 11.7 Å². The molecule has 0 spiro atoms. The fourth-order valence-electron chi connectivity index (χ4n) is 4.73. The van der Waals surface area contributed by atoms with Crippen molar-refractivity contribution in [1.82, 2.24) is 14.8 Å². The number of halogens is 3. The molecule has 0 aliphatic carbocycles. The number of nitrogens with zero attached hydrogens (tertiary/aromatic N) is 4. The largest absolute Gasteiger partial charge is 0.480 e. The fourth-order valence-corrected chi connectivity index (χ4v) is 4.73. The highest BCUT2D eigenvalue weighted by atomic mass is 19.4. The van der Waals surface area contributed by atoms with Crippen LogP contribution in [0.15, 0.2) is 79.0 Å². The minimum absolute atomic E-state index is 0.00334. The van der Waals surface area contributed by atoms with Crippen molar-refractivity contribution in [2.75, 3.05) is 31.1 Å². The topological polar surface area (TPSA) is 94.1 Å². The minimum Gasteiger partial charge on any atom is -0.480 e. The zero-order valence-electron chi connectivity index (χ0n) is 23.0. The second-order valence-corrected chi connectivity index (χ2v) is 9.98. The molecule has 1 fully saturated rings. The third-order valence-electron chi connectivity index (χ3n) is 7.09. The van der Waals surface area contributed by atoms with E-state index in [0.29, 0.717) is 31.7 Å². The van der Waals surface area contributed by atoms with Crippen LogP contribution in [0.5, 0.6) is 0 Å². The van der Waals surface area contributed by atoms with Gasteiger partial charge >= 0.3 is 12.1 Å². The van der Waals surface area contributed by atoms with Gasteiger partial charge in [-0.3, -0.25) is 14.6 Å². The predicted octanol–water partition coefficient (Wildman–Crippen LogP) is 4.51. The van der Waals surface area contributed by atoms with E-state index in [2.05, 4.69) is 9.88 Å². The number of benzene rings is 2. The monoisotopic (exact) mass is 580 g/mol. The summed E-state index contributed by atoms with van der Waals surface area (Å²) in [7, 11) is 0. The van der Waals surface area contributed by atoms with Gasteiger partial charge in [0.25, 0.3) is 0 Å². The summed E-state index contributed by atoms with van der Waals surface area (Å²) in [6.45, 7) is 4.17. The maximum absolute atomic E-state index is 13.4. The Morgan fingerprint density at radius 3 is 2.17 bits per heavy atom. The van der Waals surface area contributed by atoms with Crippen molar-refractivity contribution in [3.05, 3.63) is 101 Å². The number of carboxylic acids is 1. The molecule has 0 radical (unpaired) electrons. The van der Waals surface area contributed by atoms with Crippen LogP contribution in [0.3, 0.4) is 0 Å². The van der Waals surface area contributed by atoms with E-state index < -0.39 is 29.8 Å². The lowest BCUT2D eigenvalue weighted by Gasteiger charge is -2.35. The number of carbonyl (C=O) groups excluding carboxylic acids is 2. The molecule has 2 heterocycles. The molecule has 0 unspecified atom stereocenters. The smallest absolute Gasteiger partial charge is 0.433 e. The number of anilines is 1. The predicted molar refractivity (Wildman–Crippen MR) is 151 cm³/mol. The Kier molecular flexibility index (Phi) is 9.61. The lowest BCUT2D eigenvalue weighted by atomic mass is 10.0. The Balaban J connectivity index is 1.54. The van der Waals surface area contributed by atoms with Crippen LogP contribution in [0.25, 0.3) is 6.08 Å². The number of piperazine rings is 1. The molecule has 1 N–H and O–H groups in total. The first-order valence-electron chi connectivity index (χ1n) is 13.4. The first-order chi connectivity index (χ1) is 20.0.